The lowest BCUT2D eigenvalue weighted by molar-refractivity contribution is -0.149. The number of esters is 1. The summed E-state index contributed by atoms with van der Waals surface area (Å²) in [6, 6.07) is 12.8. The maximum absolute atomic E-state index is 13.2. The van der Waals surface area contributed by atoms with Crippen LogP contribution in [-0.2, 0) is 32.9 Å². The van der Waals surface area contributed by atoms with Crippen molar-refractivity contribution in [3.05, 3.63) is 80.7 Å². The first-order valence-corrected chi connectivity index (χ1v) is 11.3. The third-order valence-corrected chi connectivity index (χ3v) is 6.38. The fraction of sp³-hybridized carbons (Fsp3) is 0.280. The van der Waals surface area contributed by atoms with Gasteiger partial charge in [0.2, 0.25) is 0 Å². The summed E-state index contributed by atoms with van der Waals surface area (Å²) in [5, 5.41) is 3.77. The molecule has 1 aliphatic heterocycles. The molecule has 2 heterocycles. The quantitative estimate of drug-likeness (QED) is 0.311. The summed E-state index contributed by atoms with van der Waals surface area (Å²) in [5.74, 6) is -1.31. The molecular weight excluding hydrogens is 460 g/mol. The van der Waals surface area contributed by atoms with Crippen LogP contribution in [0.25, 0.3) is 11.0 Å². The molecule has 1 N–H and O–H groups in total. The minimum Gasteiger partial charge on any atom is -0.459 e. The van der Waals surface area contributed by atoms with E-state index in [1.807, 2.05) is 13.0 Å². The average molecular weight is 483 g/mol. The van der Waals surface area contributed by atoms with Gasteiger partial charge in [-0.1, -0.05) is 55.8 Å². The van der Waals surface area contributed by atoms with Crippen LogP contribution in [0.3, 0.4) is 0 Å². The van der Waals surface area contributed by atoms with Crippen LogP contribution < -0.4 is 10.9 Å². The van der Waals surface area contributed by atoms with Gasteiger partial charge in [0.05, 0.1) is 0 Å². The number of urea groups is 1. The summed E-state index contributed by atoms with van der Waals surface area (Å²) < 4.78 is 10.6. The molecule has 1 saturated heterocycles. The fourth-order valence-electron chi connectivity index (χ4n) is 4.14. The zero-order valence-electron chi connectivity index (χ0n) is 18.7. The van der Waals surface area contributed by atoms with Gasteiger partial charge in [-0.05, 0) is 36.1 Å². The summed E-state index contributed by atoms with van der Waals surface area (Å²) in [6.07, 6.45) is 0.977. The molecule has 9 heteroatoms. The van der Waals surface area contributed by atoms with Crippen LogP contribution >= 0.6 is 11.6 Å². The minimum absolute atomic E-state index is 0.246. The zero-order chi connectivity index (χ0) is 24.5. The van der Waals surface area contributed by atoms with Crippen molar-refractivity contribution >= 4 is 40.5 Å². The van der Waals surface area contributed by atoms with Gasteiger partial charge in [0, 0.05) is 22.0 Å². The van der Waals surface area contributed by atoms with E-state index in [2.05, 4.69) is 5.32 Å². The highest BCUT2D eigenvalue weighted by Gasteiger charge is 2.51. The second-order valence-corrected chi connectivity index (χ2v) is 8.40. The molecule has 0 spiro atoms. The van der Waals surface area contributed by atoms with Crippen LogP contribution in [0.1, 0.15) is 37.0 Å². The first-order chi connectivity index (χ1) is 16.3. The molecule has 176 valence electrons. The third-order valence-electron chi connectivity index (χ3n) is 6.03. The molecule has 1 atom stereocenters. The van der Waals surface area contributed by atoms with E-state index in [9.17, 15) is 19.2 Å². The van der Waals surface area contributed by atoms with Crippen molar-refractivity contribution in [1.29, 1.82) is 0 Å². The van der Waals surface area contributed by atoms with Crippen LogP contribution in [0.5, 0.6) is 0 Å². The first-order valence-electron chi connectivity index (χ1n) is 10.9. The lowest BCUT2D eigenvalue weighted by Gasteiger charge is -2.25. The lowest BCUT2D eigenvalue weighted by atomic mass is 9.87. The van der Waals surface area contributed by atoms with Crippen LogP contribution in [-0.4, -0.2) is 29.4 Å². The standard InChI is InChI=1S/C25H23ClN2O6/c1-3-15-10-20-18(12-19(15)26)16(11-21(29)34-20)14-33-22(30)13-28-23(31)25(4-2,27-24(28)32)17-8-6-5-7-9-17/h5-12H,3-4,13-14H2,1-2H3,(H,27,32). The summed E-state index contributed by atoms with van der Waals surface area (Å²) in [5.41, 5.74) is 0.382. The molecule has 3 aromatic rings. The number of halogens is 1. The number of carbonyl (C=O) groups is 3. The largest absolute Gasteiger partial charge is 0.459 e. The SMILES string of the molecule is CCc1cc2oc(=O)cc(COC(=O)CN3C(=O)NC(CC)(c4ccccc4)C3=O)c2cc1Cl. The van der Waals surface area contributed by atoms with Crippen LogP contribution in [0.4, 0.5) is 4.79 Å². The molecule has 1 fully saturated rings. The summed E-state index contributed by atoms with van der Waals surface area (Å²) in [6.45, 7) is 2.91. The maximum Gasteiger partial charge on any atom is 0.336 e. The van der Waals surface area contributed by atoms with Gasteiger partial charge in [0.1, 0.15) is 24.3 Å². The molecule has 1 unspecified atom stereocenters. The van der Waals surface area contributed by atoms with Crippen molar-refractivity contribution in [3.63, 3.8) is 0 Å². The maximum atomic E-state index is 13.2. The molecule has 2 aromatic carbocycles. The Hall–Kier alpha value is -3.65. The van der Waals surface area contributed by atoms with E-state index < -0.39 is 35.6 Å². The number of rotatable bonds is 7. The summed E-state index contributed by atoms with van der Waals surface area (Å²) >= 11 is 6.30. The molecule has 1 aromatic heterocycles. The summed E-state index contributed by atoms with van der Waals surface area (Å²) in [4.78, 5) is 51.1. The number of amides is 3. The highest BCUT2D eigenvalue weighted by molar-refractivity contribution is 6.32. The number of nitrogens with zero attached hydrogens (tertiary/aromatic N) is 1. The van der Waals surface area contributed by atoms with E-state index in [0.717, 1.165) is 10.5 Å². The highest BCUT2D eigenvalue weighted by atomic mass is 35.5. The zero-order valence-corrected chi connectivity index (χ0v) is 19.5. The van der Waals surface area contributed by atoms with E-state index >= 15 is 0 Å². The Kier molecular flexibility index (Phi) is 6.43. The number of fused-ring (bicyclic) bond motifs is 1. The molecule has 8 nitrogen and oxygen atoms in total. The minimum atomic E-state index is -1.24. The Morgan fingerprint density at radius 3 is 2.50 bits per heavy atom. The van der Waals surface area contributed by atoms with Crippen molar-refractivity contribution in [2.45, 2.75) is 38.8 Å². The van der Waals surface area contributed by atoms with Crippen LogP contribution in [0, 0.1) is 0 Å². The molecule has 1 aliphatic rings. The Balaban J connectivity index is 1.51. The van der Waals surface area contributed by atoms with Gasteiger partial charge in [0.25, 0.3) is 5.91 Å². The van der Waals surface area contributed by atoms with Crippen molar-refractivity contribution in [2.24, 2.45) is 0 Å². The number of carbonyl (C=O) groups excluding carboxylic acids is 3. The lowest BCUT2D eigenvalue weighted by Crippen LogP contribution is -2.43. The third kappa shape index (κ3) is 4.17. The smallest absolute Gasteiger partial charge is 0.336 e. The molecule has 0 aliphatic carbocycles. The first kappa shape index (κ1) is 23.5. The highest BCUT2D eigenvalue weighted by Crippen LogP contribution is 2.32. The normalized spacial score (nSPS) is 17.8. The van der Waals surface area contributed by atoms with Crippen LogP contribution in [0.15, 0.2) is 57.7 Å². The number of benzene rings is 2. The topological polar surface area (TPSA) is 106 Å². The number of ether oxygens (including phenoxy) is 1. The molecule has 34 heavy (non-hydrogen) atoms. The van der Waals surface area contributed by atoms with E-state index in [4.69, 9.17) is 20.8 Å². The molecule has 0 bridgehead atoms. The number of nitrogens with one attached hydrogen (secondary N) is 1. The number of aryl methyl sites for hydroxylation is 1. The molecule has 3 amide bonds. The second kappa shape index (κ2) is 9.30. The van der Waals surface area contributed by atoms with Gasteiger partial charge in [-0.15, -0.1) is 0 Å². The van der Waals surface area contributed by atoms with Gasteiger partial charge in [0.15, 0.2) is 0 Å². The van der Waals surface area contributed by atoms with Crippen molar-refractivity contribution < 1.29 is 23.5 Å². The van der Waals surface area contributed by atoms with Gasteiger partial charge in [-0.25, -0.2) is 9.59 Å². The second-order valence-electron chi connectivity index (χ2n) is 7.99. The Morgan fingerprint density at radius 1 is 1.09 bits per heavy atom. The number of hydrogen-bond donors (Lipinski definition) is 1. The molecular formula is C25H23ClN2O6. The van der Waals surface area contributed by atoms with Gasteiger partial charge in [-0.2, -0.15) is 0 Å². The predicted molar refractivity (Wildman–Crippen MR) is 125 cm³/mol. The molecule has 0 saturated carbocycles. The van der Waals surface area contributed by atoms with E-state index in [1.54, 1.807) is 43.3 Å². The Bertz CT molecular complexity index is 1340. The molecule has 4 rings (SSSR count). The van der Waals surface area contributed by atoms with E-state index in [0.29, 0.717) is 40.0 Å². The number of imide groups is 1. The van der Waals surface area contributed by atoms with Gasteiger partial charge in [-0.3, -0.25) is 14.5 Å². The van der Waals surface area contributed by atoms with Crippen molar-refractivity contribution in [2.75, 3.05) is 6.54 Å². The monoisotopic (exact) mass is 482 g/mol. The van der Waals surface area contributed by atoms with Crippen molar-refractivity contribution in [1.82, 2.24) is 10.2 Å². The van der Waals surface area contributed by atoms with E-state index in [1.165, 1.54) is 6.07 Å². The Morgan fingerprint density at radius 2 is 1.82 bits per heavy atom. The average Bonchev–Trinajstić information content (AvgIpc) is 3.08. The van der Waals surface area contributed by atoms with E-state index in [-0.39, 0.29) is 6.61 Å². The predicted octanol–water partition coefficient (Wildman–Crippen LogP) is 3.91. The molecule has 0 radical (unpaired) electrons. The van der Waals surface area contributed by atoms with Crippen LogP contribution in [0.2, 0.25) is 5.02 Å². The fourth-order valence-corrected chi connectivity index (χ4v) is 4.44. The van der Waals surface area contributed by atoms with Gasteiger partial charge < -0.3 is 14.5 Å². The van der Waals surface area contributed by atoms with Gasteiger partial charge >= 0.3 is 17.6 Å². The Labute approximate surface area is 200 Å². The summed E-state index contributed by atoms with van der Waals surface area (Å²) in [7, 11) is 0. The number of hydrogen-bond acceptors (Lipinski definition) is 6. The van der Waals surface area contributed by atoms with Crippen molar-refractivity contribution in [3.8, 4) is 0 Å².